The number of halogens is 2. The van der Waals surface area contributed by atoms with Gasteiger partial charge in [-0.15, -0.1) is 0 Å². The van der Waals surface area contributed by atoms with Crippen molar-refractivity contribution < 1.29 is 27.5 Å². The van der Waals surface area contributed by atoms with E-state index in [0.29, 0.717) is 21.4 Å². The highest BCUT2D eigenvalue weighted by Gasteiger charge is 2.36. The Labute approximate surface area is 304 Å². The minimum atomic E-state index is -4.31. The Hall–Kier alpha value is -4.25. The number of benzene rings is 4. The normalized spacial score (nSPS) is 13.8. The van der Waals surface area contributed by atoms with Crippen molar-refractivity contribution >= 4 is 50.7 Å². The molecule has 1 aliphatic rings. The Kier molecular flexibility index (Phi) is 12.3. The molecule has 1 atom stereocenters. The number of carbonyl (C=O) groups excluding carboxylic acids is 2. The molecule has 1 aliphatic carbocycles. The number of rotatable bonds is 14. The smallest absolute Gasteiger partial charge is 0.264 e. The predicted octanol–water partition coefficient (Wildman–Crippen LogP) is 7.21. The molecule has 0 aromatic heterocycles. The molecule has 4 aromatic carbocycles. The van der Waals surface area contributed by atoms with Crippen molar-refractivity contribution in [3.05, 3.63) is 118 Å². The second-order valence-corrected chi connectivity index (χ2v) is 15.0. The lowest BCUT2D eigenvalue weighted by Crippen LogP contribution is -2.54. The monoisotopic (exact) mass is 737 g/mol. The molecule has 50 heavy (non-hydrogen) atoms. The van der Waals surface area contributed by atoms with Crippen LogP contribution in [-0.4, -0.2) is 58.0 Å². The fourth-order valence-corrected chi connectivity index (χ4v) is 7.98. The van der Waals surface area contributed by atoms with E-state index in [4.69, 9.17) is 32.7 Å². The number of anilines is 1. The van der Waals surface area contributed by atoms with Gasteiger partial charge in [0.05, 0.1) is 24.8 Å². The highest BCUT2D eigenvalue weighted by Crippen LogP contribution is 2.34. The van der Waals surface area contributed by atoms with Gasteiger partial charge in [-0.3, -0.25) is 13.9 Å². The van der Waals surface area contributed by atoms with Gasteiger partial charge in [0.1, 0.15) is 12.6 Å². The minimum Gasteiger partial charge on any atom is -0.493 e. The first-order valence-corrected chi connectivity index (χ1v) is 18.6. The number of nitrogens with zero attached hydrogens (tertiary/aromatic N) is 2. The number of hydrogen-bond acceptors (Lipinski definition) is 6. The van der Waals surface area contributed by atoms with Crippen molar-refractivity contribution in [1.29, 1.82) is 0 Å². The molecule has 0 saturated heterocycles. The molecule has 5 rings (SSSR count). The van der Waals surface area contributed by atoms with Crippen LogP contribution in [0.3, 0.4) is 0 Å². The van der Waals surface area contributed by atoms with Gasteiger partial charge in [-0.2, -0.15) is 0 Å². The van der Waals surface area contributed by atoms with Crippen molar-refractivity contribution in [3.8, 4) is 11.5 Å². The zero-order chi connectivity index (χ0) is 35.8. The van der Waals surface area contributed by atoms with E-state index in [2.05, 4.69) is 5.32 Å². The Bertz CT molecular complexity index is 1900. The van der Waals surface area contributed by atoms with Crippen LogP contribution in [0, 0.1) is 6.92 Å². The quantitative estimate of drug-likeness (QED) is 0.147. The van der Waals surface area contributed by atoms with Gasteiger partial charge in [0.25, 0.3) is 10.0 Å². The Balaban J connectivity index is 1.61. The third kappa shape index (κ3) is 8.91. The first kappa shape index (κ1) is 37.0. The molecule has 0 aliphatic heterocycles. The average molecular weight is 739 g/mol. The third-order valence-electron chi connectivity index (χ3n) is 8.87. The summed E-state index contributed by atoms with van der Waals surface area (Å²) in [6.45, 7) is 1.16. The zero-order valence-corrected chi connectivity index (χ0v) is 30.6. The van der Waals surface area contributed by atoms with Crippen molar-refractivity contribution in [2.45, 2.75) is 62.6 Å². The molecule has 2 amide bonds. The van der Waals surface area contributed by atoms with Gasteiger partial charge < -0.3 is 19.7 Å². The van der Waals surface area contributed by atoms with Crippen LogP contribution >= 0.6 is 23.2 Å². The van der Waals surface area contributed by atoms with Crippen LogP contribution in [0.15, 0.2) is 95.9 Å². The maximum atomic E-state index is 14.8. The summed E-state index contributed by atoms with van der Waals surface area (Å²) >= 11 is 12.8. The largest absolute Gasteiger partial charge is 0.493 e. The molecule has 1 unspecified atom stereocenters. The fraction of sp³-hybridized carbons (Fsp3) is 0.316. The molecule has 9 nitrogen and oxygen atoms in total. The summed E-state index contributed by atoms with van der Waals surface area (Å²) in [6.07, 6.45) is 3.91. The molecule has 0 bridgehead atoms. The molecular weight excluding hydrogens is 697 g/mol. The van der Waals surface area contributed by atoms with E-state index in [1.54, 1.807) is 42.5 Å². The zero-order valence-electron chi connectivity index (χ0n) is 28.3. The molecule has 0 spiro atoms. The summed E-state index contributed by atoms with van der Waals surface area (Å²) in [4.78, 5) is 30.4. The van der Waals surface area contributed by atoms with Gasteiger partial charge in [0.2, 0.25) is 11.8 Å². The molecule has 1 saturated carbocycles. The van der Waals surface area contributed by atoms with E-state index in [-0.39, 0.29) is 41.2 Å². The van der Waals surface area contributed by atoms with Crippen LogP contribution < -0.4 is 19.1 Å². The number of nitrogens with one attached hydrogen (secondary N) is 1. The molecule has 0 heterocycles. The highest BCUT2D eigenvalue weighted by atomic mass is 35.5. The Morgan fingerprint density at radius 1 is 0.880 bits per heavy atom. The van der Waals surface area contributed by atoms with Crippen LogP contribution in [0.25, 0.3) is 0 Å². The topological polar surface area (TPSA) is 105 Å². The van der Waals surface area contributed by atoms with Gasteiger partial charge in [0, 0.05) is 35.1 Å². The van der Waals surface area contributed by atoms with Crippen molar-refractivity contribution in [2.75, 3.05) is 25.1 Å². The van der Waals surface area contributed by atoms with E-state index in [1.807, 2.05) is 37.3 Å². The van der Waals surface area contributed by atoms with Gasteiger partial charge in [-0.05, 0) is 67.3 Å². The second-order valence-electron chi connectivity index (χ2n) is 12.3. The van der Waals surface area contributed by atoms with Gasteiger partial charge in [0.15, 0.2) is 11.5 Å². The number of amides is 2. The van der Waals surface area contributed by atoms with Crippen molar-refractivity contribution in [2.24, 2.45) is 0 Å². The number of aryl methyl sites for hydroxylation is 1. The van der Waals surface area contributed by atoms with Gasteiger partial charge >= 0.3 is 0 Å². The minimum absolute atomic E-state index is 0.00204. The number of carbonyl (C=O) groups is 2. The SMILES string of the molecule is COc1ccc(N(CC(=O)N(Cc2ccc(Cl)cc2Cl)C(Cc2ccccc2)C(=O)NC2CCCC2)S(=O)(=O)c2ccc(C)cc2)cc1OC. The third-order valence-corrected chi connectivity index (χ3v) is 11.2. The first-order valence-electron chi connectivity index (χ1n) is 16.4. The lowest BCUT2D eigenvalue weighted by molar-refractivity contribution is -0.140. The number of sulfonamides is 1. The van der Waals surface area contributed by atoms with E-state index < -0.39 is 28.5 Å². The van der Waals surface area contributed by atoms with Gasteiger partial charge in [-0.1, -0.05) is 90.1 Å². The summed E-state index contributed by atoms with van der Waals surface area (Å²) in [5.41, 5.74) is 2.44. The van der Waals surface area contributed by atoms with Crippen LogP contribution in [0.2, 0.25) is 10.0 Å². The molecule has 1 N–H and O–H groups in total. The summed E-state index contributed by atoms with van der Waals surface area (Å²) in [7, 11) is -1.39. The number of ether oxygens (including phenoxy) is 2. The van der Waals surface area contributed by atoms with Crippen LogP contribution in [0.1, 0.15) is 42.4 Å². The summed E-state index contributed by atoms with van der Waals surface area (Å²) in [5, 5.41) is 3.90. The van der Waals surface area contributed by atoms with Crippen molar-refractivity contribution in [3.63, 3.8) is 0 Å². The van der Waals surface area contributed by atoms with E-state index in [9.17, 15) is 18.0 Å². The number of hydrogen-bond donors (Lipinski definition) is 1. The fourth-order valence-electron chi connectivity index (χ4n) is 6.10. The predicted molar refractivity (Wildman–Crippen MR) is 197 cm³/mol. The van der Waals surface area contributed by atoms with Gasteiger partial charge in [-0.25, -0.2) is 8.42 Å². The molecule has 1 fully saturated rings. The molecule has 4 aromatic rings. The summed E-state index contributed by atoms with van der Waals surface area (Å²) in [5.74, 6) is -0.257. The standard InChI is InChI=1S/C38H41Cl2N3O6S/c1-26-13-18-32(19-14-26)50(46,47)43(31-17-20-35(48-2)36(23-31)49-3)25-37(44)42(24-28-15-16-29(39)22-33(28)40)34(21-27-9-5-4-6-10-27)38(45)41-30-11-7-8-12-30/h4-6,9-10,13-20,22-23,30,34H,7-8,11-12,21,24-25H2,1-3H3,(H,41,45). The lowest BCUT2D eigenvalue weighted by Gasteiger charge is -2.34. The second kappa shape index (κ2) is 16.6. The van der Waals surface area contributed by atoms with E-state index in [0.717, 1.165) is 41.1 Å². The van der Waals surface area contributed by atoms with E-state index >= 15 is 0 Å². The maximum Gasteiger partial charge on any atom is 0.264 e. The molecule has 0 radical (unpaired) electrons. The van der Waals surface area contributed by atoms with E-state index in [1.165, 1.54) is 37.3 Å². The molecular formula is C38H41Cl2N3O6S. The van der Waals surface area contributed by atoms with Crippen LogP contribution in [0.5, 0.6) is 11.5 Å². The molecule has 264 valence electrons. The first-order chi connectivity index (χ1) is 24.0. The lowest BCUT2D eigenvalue weighted by atomic mass is 10.0. The Morgan fingerprint density at radius 3 is 2.20 bits per heavy atom. The van der Waals surface area contributed by atoms with Crippen LogP contribution in [0.4, 0.5) is 5.69 Å². The summed E-state index contributed by atoms with van der Waals surface area (Å²) in [6, 6.07) is 24.4. The highest BCUT2D eigenvalue weighted by molar-refractivity contribution is 7.92. The molecule has 12 heteroatoms. The van der Waals surface area contributed by atoms with Crippen LogP contribution in [-0.2, 0) is 32.6 Å². The summed E-state index contributed by atoms with van der Waals surface area (Å²) < 4.78 is 40.7. The average Bonchev–Trinajstić information content (AvgIpc) is 3.62. The Morgan fingerprint density at radius 2 is 1.56 bits per heavy atom. The van der Waals surface area contributed by atoms with Crippen molar-refractivity contribution in [1.82, 2.24) is 10.2 Å². The maximum absolute atomic E-state index is 14.8. The number of methoxy groups -OCH3 is 2.